The minimum absolute atomic E-state index is 0.00133. The van der Waals surface area contributed by atoms with E-state index in [-0.39, 0.29) is 5.56 Å². The summed E-state index contributed by atoms with van der Waals surface area (Å²) >= 11 is 0. The van der Waals surface area contributed by atoms with Crippen LogP contribution in [0.25, 0.3) is 33.3 Å². The lowest BCUT2D eigenvalue weighted by Crippen LogP contribution is -2.20. The molecule has 31 heavy (non-hydrogen) atoms. The maximum absolute atomic E-state index is 13.2. The van der Waals surface area contributed by atoms with Crippen LogP contribution < -0.4 is 5.56 Å². The Morgan fingerprint density at radius 1 is 1.10 bits per heavy atom. The van der Waals surface area contributed by atoms with E-state index < -0.39 is 0 Å². The molecule has 5 aromatic rings. The quantitative estimate of drug-likeness (QED) is 0.391. The van der Waals surface area contributed by atoms with Crippen LogP contribution in [0.1, 0.15) is 51.2 Å². The molecule has 0 aliphatic rings. The molecule has 5 rings (SSSR count). The fourth-order valence-electron chi connectivity index (χ4n) is 4.05. The zero-order valence-corrected chi connectivity index (χ0v) is 19.0. The van der Waals surface area contributed by atoms with Crippen molar-refractivity contribution in [3.8, 4) is 11.3 Å². The molecule has 0 atom stereocenters. The van der Waals surface area contributed by atoms with Crippen LogP contribution in [-0.2, 0) is 7.05 Å². The van der Waals surface area contributed by atoms with Crippen molar-refractivity contribution in [2.75, 3.05) is 0 Å². The SMILES string of the molecule is CCC.Cc1cc(C(C)C)c2c(c1)c(=O)n(C)c1c(-c3ccc4cncn4c3)ncn21. The van der Waals surface area contributed by atoms with E-state index in [1.807, 2.05) is 55.3 Å². The Labute approximate surface area is 181 Å². The molecule has 0 bridgehead atoms. The van der Waals surface area contributed by atoms with Crippen molar-refractivity contribution in [2.45, 2.75) is 47.0 Å². The maximum atomic E-state index is 13.2. The van der Waals surface area contributed by atoms with E-state index in [1.54, 1.807) is 10.9 Å². The lowest BCUT2D eigenvalue weighted by Gasteiger charge is -2.15. The van der Waals surface area contributed by atoms with E-state index in [1.165, 1.54) is 6.42 Å². The van der Waals surface area contributed by atoms with Crippen molar-refractivity contribution in [1.82, 2.24) is 23.3 Å². The smallest absolute Gasteiger partial charge is 0.261 e. The van der Waals surface area contributed by atoms with Gasteiger partial charge in [0.2, 0.25) is 0 Å². The fraction of sp³-hybridized carbons (Fsp3) is 0.320. The van der Waals surface area contributed by atoms with Gasteiger partial charge in [-0.2, -0.15) is 0 Å². The van der Waals surface area contributed by atoms with Gasteiger partial charge < -0.3 is 4.40 Å². The second kappa shape index (κ2) is 8.02. The van der Waals surface area contributed by atoms with Crippen molar-refractivity contribution >= 4 is 22.1 Å². The Bertz CT molecular complexity index is 1450. The maximum Gasteiger partial charge on any atom is 0.261 e. The highest BCUT2D eigenvalue weighted by Gasteiger charge is 2.19. The minimum Gasteiger partial charge on any atom is -0.306 e. The first-order chi connectivity index (χ1) is 14.9. The molecule has 0 fully saturated rings. The number of imidazole rings is 2. The van der Waals surface area contributed by atoms with E-state index in [9.17, 15) is 4.79 Å². The van der Waals surface area contributed by atoms with E-state index >= 15 is 0 Å². The first kappa shape index (κ1) is 20.8. The Kier molecular flexibility index (Phi) is 5.39. The van der Waals surface area contributed by atoms with E-state index in [0.717, 1.165) is 44.5 Å². The summed E-state index contributed by atoms with van der Waals surface area (Å²) in [5.41, 5.74) is 6.74. The lowest BCUT2D eigenvalue weighted by molar-refractivity contribution is 0.851. The highest BCUT2D eigenvalue weighted by Crippen LogP contribution is 2.30. The van der Waals surface area contributed by atoms with Gasteiger partial charge in [-0.1, -0.05) is 40.2 Å². The number of hydrogen-bond acceptors (Lipinski definition) is 3. The number of benzene rings is 1. The van der Waals surface area contributed by atoms with Gasteiger partial charge in [0.05, 0.1) is 28.9 Å². The molecule has 6 heteroatoms. The van der Waals surface area contributed by atoms with Crippen LogP contribution in [0.4, 0.5) is 0 Å². The zero-order valence-electron chi connectivity index (χ0n) is 19.0. The molecule has 0 saturated carbocycles. The normalized spacial score (nSPS) is 11.5. The zero-order chi connectivity index (χ0) is 22.3. The number of nitrogens with zero attached hydrogens (tertiary/aromatic N) is 5. The average Bonchev–Trinajstić information content (AvgIpc) is 3.38. The van der Waals surface area contributed by atoms with Gasteiger partial charge in [-0.05, 0) is 42.2 Å². The van der Waals surface area contributed by atoms with E-state index in [0.29, 0.717) is 5.92 Å². The molecule has 0 amide bonds. The van der Waals surface area contributed by atoms with Crippen molar-refractivity contribution in [2.24, 2.45) is 7.05 Å². The molecule has 1 aromatic carbocycles. The second-order valence-electron chi connectivity index (χ2n) is 8.41. The van der Waals surface area contributed by atoms with Gasteiger partial charge in [-0.15, -0.1) is 0 Å². The highest BCUT2D eigenvalue weighted by molar-refractivity contribution is 5.88. The van der Waals surface area contributed by atoms with Crippen LogP contribution in [0, 0.1) is 6.92 Å². The van der Waals surface area contributed by atoms with Crippen molar-refractivity contribution in [3.63, 3.8) is 0 Å². The Morgan fingerprint density at radius 3 is 2.55 bits per heavy atom. The Hall–Kier alpha value is -3.41. The molecule has 0 unspecified atom stereocenters. The molecule has 0 aliphatic heterocycles. The van der Waals surface area contributed by atoms with Gasteiger partial charge in [0.25, 0.3) is 5.56 Å². The molecule has 6 nitrogen and oxygen atoms in total. The predicted molar refractivity (Wildman–Crippen MR) is 127 cm³/mol. The van der Waals surface area contributed by atoms with Crippen LogP contribution in [-0.4, -0.2) is 23.3 Å². The Balaban J connectivity index is 0.000000730. The van der Waals surface area contributed by atoms with Crippen LogP contribution in [0.15, 0.2) is 54.1 Å². The first-order valence-corrected chi connectivity index (χ1v) is 10.8. The summed E-state index contributed by atoms with van der Waals surface area (Å²) < 4.78 is 5.72. The fourth-order valence-corrected chi connectivity index (χ4v) is 4.05. The van der Waals surface area contributed by atoms with Gasteiger partial charge in [0.1, 0.15) is 17.7 Å². The van der Waals surface area contributed by atoms with Gasteiger partial charge in [0.15, 0.2) is 0 Å². The van der Waals surface area contributed by atoms with Gasteiger partial charge in [-0.25, -0.2) is 9.97 Å². The number of rotatable bonds is 2. The van der Waals surface area contributed by atoms with Crippen molar-refractivity contribution in [3.05, 3.63) is 70.8 Å². The average molecular weight is 416 g/mol. The lowest BCUT2D eigenvalue weighted by atomic mass is 9.97. The summed E-state index contributed by atoms with van der Waals surface area (Å²) in [5.74, 6) is 0.297. The van der Waals surface area contributed by atoms with Crippen molar-refractivity contribution < 1.29 is 0 Å². The van der Waals surface area contributed by atoms with Crippen LogP contribution in [0.5, 0.6) is 0 Å². The van der Waals surface area contributed by atoms with Crippen LogP contribution in [0.3, 0.4) is 0 Å². The third-order valence-corrected chi connectivity index (χ3v) is 5.42. The number of pyridine rings is 1. The molecule has 0 radical (unpaired) electrons. The molecule has 4 aromatic heterocycles. The summed E-state index contributed by atoms with van der Waals surface area (Å²) in [7, 11) is 1.81. The summed E-state index contributed by atoms with van der Waals surface area (Å²) in [6.07, 6.45) is 8.66. The van der Waals surface area contributed by atoms with Crippen LogP contribution in [0.2, 0.25) is 0 Å². The molecule has 160 valence electrons. The number of fused-ring (bicyclic) bond motifs is 4. The molecule has 4 heterocycles. The summed E-state index contributed by atoms with van der Waals surface area (Å²) in [4.78, 5) is 22.1. The van der Waals surface area contributed by atoms with Crippen LogP contribution >= 0.6 is 0 Å². The molecule has 0 spiro atoms. The summed E-state index contributed by atoms with van der Waals surface area (Å²) in [5, 5.41) is 0.729. The standard InChI is InChI=1S/C22H21N5O.C3H8/c1-13(2)17-7-14(3)8-18-20(17)27-12-24-19(21(27)25(4)22(18)28)15-5-6-16-9-23-11-26(16)10-15;1-3-2/h5-13H,1-4H3;3H2,1-2H3. The topological polar surface area (TPSA) is 56.6 Å². The first-order valence-electron chi connectivity index (χ1n) is 10.8. The summed E-state index contributed by atoms with van der Waals surface area (Å²) in [6, 6.07) is 8.17. The largest absolute Gasteiger partial charge is 0.306 e. The third kappa shape index (κ3) is 3.42. The molecular formula is C25H29N5O. The summed E-state index contributed by atoms with van der Waals surface area (Å²) in [6.45, 7) is 10.6. The molecule has 0 N–H and O–H groups in total. The molecular weight excluding hydrogens is 386 g/mol. The second-order valence-corrected chi connectivity index (χ2v) is 8.41. The molecule has 0 saturated heterocycles. The number of aromatic nitrogens is 5. The molecule has 0 aliphatic carbocycles. The minimum atomic E-state index is -0.00133. The van der Waals surface area contributed by atoms with E-state index in [4.69, 9.17) is 4.98 Å². The third-order valence-electron chi connectivity index (χ3n) is 5.42. The van der Waals surface area contributed by atoms with Gasteiger partial charge >= 0.3 is 0 Å². The number of aryl methyl sites for hydroxylation is 2. The predicted octanol–water partition coefficient (Wildman–Crippen LogP) is 5.35. The number of hydrogen-bond donors (Lipinski definition) is 0. The monoisotopic (exact) mass is 415 g/mol. The Morgan fingerprint density at radius 2 is 1.84 bits per heavy atom. The van der Waals surface area contributed by atoms with Gasteiger partial charge in [0, 0.05) is 18.8 Å². The van der Waals surface area contributed by atoms with Gasteiger partial charge in [-0.3, -0.25) is 13.8 Å². The van der Waals surface area contributed by atoms with Crippen molar-refractivity contribution in [1.29, 1.82) is 0 Å². The highest BCUT2D eigenvalue weighted by atomic mass is 16.1. The van der Waals surface area contributed by atoms with E-state index in [2.05, 4.69) is 43.1 Å².